The van der Waals surface area contributed by atoms with Crippen LogP contribution in [0.25, 0.3) is 128 Å². The van der Waals surface area contributed by atoms with E-state index in [1.165, 1.54) is 128 Å². The van der Waals surface area contributed by atoms with Crippen LogP contribution in [-0.2, 0) is 0 Å². The molecule has 0 aliphatic carbocycles. The summed E-state index contributed by atoms with van der Waals surface area (Å²) in [7, 11) is 0. The number of hydrogen-bond donors (Lipinski definition) is 0. The van der Waals surface area contributed by atoms with Crippen LogP contribution in [0.4, 0.5) is 68.2 Å². The molecule has 4 nitrogen and oxygen atoms in total. The molecule has 2 aromatic heterocycles. The molecule has 556 valence electrons. The third-order valence-corrected chi connectivity index (χ3v) is 25.0. The molecule has 118 heavy (non-hydrogen) atoms. The molecule has 0 saturated heterocycles. The number of thiophene rings is 2. The predicted molar refractivity (Wildman–Crippen MR) is 509 cm³/mol. The maximum absolute atomic E-state index is 2.37. The van der Waals surface area contributed by atoms with E-state index in [4.69, 9.17) is 0 Å². The van der Waals surface area contributed by atoms with Gasteiger partial charge in [-0.25, -0.2) is 0 Å². The molecule has 0 radical (unpaired) electrons. The lowest BCUT2D eigenvalue weighted by Crippen LogP contribution is -2.10. The zero-order valence-electron chi connectivity index (χ0n) is 64.5. The summed E-state index contributed by atoms with van der Waals surface area (Å²) in [6.07, 6.45) is 0. The van der Waals surface area contributed by atoms with Gasteiger partial charge in [-0.05, 0) is 257 Å². The molecule has 0 spiro atoms. The third-order valence-electron chi connectivity index (χ3n) is 22.8. The van der Waals surface area contributed by atoms with Crippen LogP contribution in [0, 0.1) is 0 Å². The number of hydrogen-bond acceptors (Lipinski definition) is 6. The van der Waals surface area contributed by atoms with E-state index in [0.29, 0.717) is 0 Å². The van der Waals surface area contributed by atoms with Crippen molar-refractivity contribution >= 4 is 174 Å². The summed E-state index contributed by atoms with van der Waals surface area (Å²) in [4.78, 5) is 9.45. The number of rotatable bonds is 16. The van der Waals surface area contributed by atoms with Crippen molar-refractivity contribution in [1.29, 1.82) is 0 Å². The molecule has 2 heterocycles. The van der Waals surface area contributed by atoms with Crippen LogP contribution in [-0.4, -0.2) is 0 Å². The maximum atomic E-state index is 2.37. The largest absolute Gasteiger partial charge is 0.310 e. The van der Waals surface area contributed by atoms with Gasteiger partial charge in [0.15, 0.2) is 0 Å². The maximum Gasteiger partial charge on any atom is 0.0468 e. The molecule has 0 aliphatic rings. The van der Waals surface area contributed by atoms with E-state index in [2.05, 4.69) is 481 Å². The normalized spacial score (nSPS) is 11.4. The average molecular weight is 1540 g/mol. The van der Waals surface area contributed by atoms with Gasteiger partial charge in [-0.15, -0.1) is 22.7 Å². The second-order valence-corrected chi connectivity index (χ2v) is 32.1. The Bertz CT molecular complexity index is 6950. The van der Waals surface area contributed by atoms with Crippen LogP contribution < -0.4 is 19.6 Å². The Morgan fingerprint density at radius 1 is 0.127 bits per heavy atom. The van der Waals surface area contributed by atoms with Crippen LogP contribution in [0.1, 0.15) is 0 Å². The number of para-hydroxylation sites is 4. The monoisotopic (exact) mass is 1540 g/mol. The van der Waals surface area contributed by atoms with Crippen molar-refractivity contribution in [2.75, 3.05) is 19.6 Å². The number of benzene rings is 20. The molecule has 0 N–H and O–H groups in total. The first-order valence-electron chi connectivity index (χ1n) is 40.2. The highest BCUT2D eigenvalue weighted by atomic mass is 32.1. The summed E-state index contributed by atoms with van der Waals surface area (Å²) in [5, 5.41) is 15.2. The molecule has 0 atom stereocenters. The summed E-state index contributed by atoms with van der Waals surface area (Å²) >= 11 is 3.76. The van der Waals surface area contributed by atoms with Gasteiger partial charge < -0.3 is 19.6 Å². The van der Waals surface area contributed by atoms with Crippen molar-refractivity contribution in [3.8, 4) is 44.5 Å². The minimum absolute atomic E-state index is 1.12. The highest BCUT2D eigenvalue weighted by Gasteiger charge is 2.23. The van der Waals surface area contributed by atoms with Crippen molar-refractivity contribution < 1.29 is 0 Å². The van der Waals surface area contributed by atoms with Crippen LogP contribution in [0.15, 0.2) is 461 Å². The van der Waals surface area contributed by atoms with Gasteiger partial charge in [0.25, 0.3) is 0 Å². The third kappa shape index (κ3) is 13.6. The van der Waals surface area contributed by atoms with E-state index < -0.39 is 0 Å². The van der Waals surface area contributed by atoms with Crippen molar-refractivity contribution in [2.45, 2.75) is 0 Å². The summed E-state index contributed by atoms with van der Waals surface area (Å²) in [5.74, 6) is 0. The van der Waals surface area contributed by atoms with Gasteiger partial charge in [0.2, 0.25) is 0 Å². The van der Waals surface area contributed by atoms with Gasteiger partial charge in [-0.1, -0.05) is 291 Å². The lowest BCUT2D eigenvalue weighted by Gasteiger charge is -2.26. The van der Waals surface area contributed by atoms with Gasteiger partial charge in [-0.3, -0.25) is 0 Å². The zero-order chi connectivity index (χ0) is 78.2. The first-order chi connectivity index (χ1) is 58.5. The lowest BCUT2D eigenvalue weighted by atomic mass is 9.98. The van der Waals surface area contributed by atoms with E-state index in [-0.39, 0.29) is 0 Å². The van der Waals surface area contributed by atoms with Crippen molar-refractivity contribution in [1.82, 2.24) is 0 Å². The second kappa shape index (κ2) is 31.1. The Kier molecular flexibility index (Phi) is 18.7. The highest BCUT2D eigenvalue weighted by molar-refractivity contribution is 7.26. The fourth-order valence-electron chi connectivity index (χ4n) is 17.2. The van der Waals surface area contributed by atoms with E-state index in [0.717, 1.165) is 68.2 Å². The van der Waals surface area contributed by atoms with Crippen LogP contribution in [0.2, 0.25) is 0 Å². The van der Waals surface area contributed by atoms with Crippen LogP contribution in [0.5, 0.6) is 0 Å². The Morgan fingerprint density at radius 3 is 0.576 bits per heavy atom. The quantitative estimate of drug-likeness (QED) is 0.0956. The standard InChI is InChI=1S/2C56H38N2S/c1-5-15-39(16-6-1)41-19-13-25-47(35-41)57(45-21-9-3-10-22-45)49-29-31-51-43(37-49)27-33-53-55(51)56-52-32-30-50(38-44(52)28-34-54(56)59-53)58(46-23-11-4-12-24-46)48-26-14-20-42(36-48)40-17-7-2-8-18-40;1-5-13-39(14-6-1)41-21-27-47(28-22-41)57(45-17-9-3-10-18-45)49-31-33-51-43(37-49)25-35-53-55(51)56-52-34-32-50(38-44(52)26-36-54(56)59-53)58(46-19-11-4-12-20-46)48-29-23-42(24-30-48)40-15-7-2-8-16-40/h2*1-38H. The van der Waals surface area contributed by atoms with Gasteiger partial charge >= 0.3 is 0 Å². The highest BCUT2D eigenvalue weighted by Crippen LogP contribution is 2.50. The minimum Gasteiger partial charge on any atom is -0.310 e. The SMILES string of the molecule is c1ccc(-c2ccc(N(c3ccccc3)c3ccc4c(ccc5sc6ccc7cc(N(c8ccccc8)c8ccc(-c9ccccc9)cc8)ccc7c6c54)c3)cc2)cc1.c1ccc(-c2cccc(N(c3ccccc3)c3ccc4c(ccc5sc6ccc7cc(N(c8ccccc8)c8cccc(-c9ccccc9)c8)ccc7c6c54)c3)c2)cc1. The van der Waals surface area contributed by atoms with Gasteiger partial charge in [-0.2, -0.15) is 0 Å². The average Bonchev–Trinajstić information content (AvgIpc) is 1.53. The summed E-state index contributed by atoms with van der Waals surface area (Å²) in [6, 6.07) is 167. The van der Waals surface area contributed by atoms with Crippen molar-refractivity contribution in [3.63, 3.8) is 0 Å². The molecule has 22 rings (SSSR count). The van der Waals surface area contributed by atoms with Gasteiger partial charge in [0.1, 0.15) is 0 Å². The Hall–Kier alpha value is -14.9. The summed E-state index contributed by atoms with van der Waals surface area (Å²) < 4.78 is 5.21. The smallest absolute Gasteiger partial charge is 0.0468 e. The van der Waals surface area contributed by atoms with Crippen molar-refractivity contribution in [2.24, 2.45) is 0 Å². The molecule has 0 fully saturated rings. The van der Waals surface area contributed by atoms with Gasteiger partial charge in [0.05, 0.1) is 0 Å². The lowest BCUT2D eigenvalue weighted by molar-refractivity contribution is 1.29. The first-order valence-corrected chi connectivity index (χ1v) is 41.8. The van der Waals surface area contributed by atoms with Gasteiger partial charge in [0, 0.05) is 109 Å². The fraction of sp³-hybridized carbons (Fsp3) is 0. The first kappa shape index (κ1) is 70.9. The van der Waals surface area contributed by atoms with E-state index in [1.54, 1.807) is 0 Å². The summed E-state index contributed by atoms with van der Waals surface area (Å²) in [5.41, 5.74) is 23.1. The molecule has 0 saturated carbocycles. The molecule has 22 aromatic rings. The molecule has 0 unspecified atom stereocenters. The molecule has 0 amide bonds. The molecular weight excluding hydrogens is 1470 g/mol. The predicted octanol–water partition coefficient (Wildman–Crippen LogP) is 33.3. The Labute approximate surface area is 694 Å². The fourth-order valence-corrected chi connectivity index (χ4v) is 19.5. The zero-order valence-corrected chi connectivity index (χ0v) is 66.1. The number of nitrogens with zero attached hydrogens (tertiary/aromatic N) is 4. The Balaban J connectivity index is 0.000000147. The molecule has 6 heteroatoms. The van der Waals surface area contributed by atoms with E-state index >= 15 is 0 Å². The molecular formula is C112H76N4S2. The topological polar surface area (TPSA) is 13.0 Å². The van der Waals surface area contributed by atoms with E-state index in [9.17, 15) is 0 Å². The number of fused-ring (bicyclic) bond motifs is 14. The molecule has 0 bridgehead atoms. The summed E-state index contributed by atoms with van der Waals surface area (Å²) in [6.45, 7) is 0. The van der Waals surface area contributed by atoms with E-state index in [1.807, 2.05) is 22.7 Å². The number of anilines is 12. The molecule has 0 aliphatic heterocycles. The molecule has 20 aromatic carbocycles. The minimum atomic E-state index is 1.12. The van der Waals surface area contributed by atoms with Crippen LogP contribution >= 0.6 is 22.7 Å². The Morgan fingerprint density at radius 2 is 0.314 bits per heavy atom. The van der Waals surface area contributed by atoms with Crippen LogP contribution in [0.3, 0.4) is 0 Å². The second-order valence-electron chi connectivity index (χ2n) is 29.9. The van der Waals surface area contributed by atoms with Crippen molar-refractivity contribution in [3.05, 3.63) is 461 Å².